The molecule has 1 N–H and O–H groups in total. The average Bonchev–Trinajstić information content (AvgIpc) is 2.91. The molecule has 1 aromatic carbocycles. The second kappa shape index (κ2) is 6.31. The maximum atomic E-state index is 11.7. The summed E-state index contributed by atoms with van der Waals surface area (Å²) < 4.78 is 5.53. The standard InChI is InChI=1S/C13H10BrN3O4/c1-8(9-2-4-10(5-3-9)17(19)20)15-16-13(18)11-6-7-12(14)21-11/h2-7H,1H3,(H,16,18). The Morgan fingerprint density at radius 3 is 2.48 bits per heavy atom. The number of rotatable bonds is 4. The topological polar surface area (TPSA) is 97.7 Å². The number of carbonyl (C=O) groups excluding carboxylic acids is 1. The van der Waals surface area contributed by atoms with E-state index in [1.165, 1.54) is 18.2 Å². The lowest BCUT2D eigenvalue weighted by atomic mass is 10.1. The Morgan fingerprint density at radius 2 is 1.95 bits per heavy atom. The van der Waals surface area contributed by atoms with E-state index in [1.54, 1.807) is 25.1 Å². The molecular weight excluding hydrogens is 342 g/mol. The van der Waals surface area contributed by atoms with Crippen LogP contribution < -0.4 is 5.43 Å². The zero-order valence-corrected chi connectivity index (χ0v) is 12.5. The van der Waals surface area contributed by atoms with Gasteiger partial charge < -0.3 is 4.42 Å². The normalized spacial score (nSPS) is 11.2. The van der Waals surface area contributed by atoms with Crippen molar-refractivity contribution in [2.45, 2.75) is 6.92 Å². The highest BCUT2D eigenvalue weighted by molar-refractivity contribution is 9.10. The van der Waals surface area contributed by atoms with Crippen LogP contribution in [0.2, 0.25) is 0 Å². The van der Waals surface area contributed by atoms with Crippen LogP contribution in [0.15, 0.2) is 50.6 Å². The summed E-state index contributed by atoms with van der Waals surface area (Å²) in [4.78, 5) is 21.8. The number of benzene rings is 1. The number of hydrazone groups is 1. The predicted octanol–water partition coefficient (Wildman–Crippen LogP) is 3.10. The van der Waals surface area contributed by atoms with Gasteiger partial charge in [-0.25, -0.2) is 5.43 Å². The van der Waals surface area contributed by atoms with E-state index in [1.807, 2.05) is 0 Å². The molecule has 0 fully saturated rings. The van der Waals surface area contributed by atoms with Crippen molar-refractivity contribution in [1.29, 1.82) is 0 Å². The van der Waals surface area contributed by atoms with E-state index >= 15 is 0 Å². The molecule has 8 heteroatoms. The van der Waals surface area contributed by atoms with Gasteiger partial charge in [-0.15, -0.1) is 0 Å². The third kappa shape index (κ3) is 3.76. The summed E-state index contributed by atoms with van der Waals surface area (Å²) in [5, 5.41) is 14.5. The summed E-state index contributed by atoms with van der Waals surface area (Å²) in [6.07, 6.45) is 0. The third-order valence-electron chi connectivity index (χ3n) is 2.62. The zero-order valence-electron chi connectivity index (χ0n) is 10.9. The first kappa shape index (κ1) is 14.9. The van der Waals surface area contributed by atoms with E-state index in [4.69, 9.17) is 4.42 Å². The number of hydrogen-bond acceptors (Lipinski definition) is 5. The fourth-order valence-corrected chi connectivity index (χ4v) is 1.82. The molecule has 108 valence electrons. The number of nitro groups is 1. The van der Waals surface area contributed by atoms with Crippen LogP contribution in [-0.2, 0) is 0 Å². The van der Waals surface area contributed by atoms with Crippen LogP contribution in [0.5, 0.6) is 0 Å². The van der Waals surface area contributed by atoms with E-state index in [0.717, 1.165) is 0 Å². The zero-order chi connectivity index (χ0) is 15.4. The Hall–Kier alpha value is -2.48. The molecule has 0 atom stereocenters. The lowest BCUT2D eigenvalue weighted by Gasteiger charge is -2.01. The first-order chi connectivity index (χ1) is 9.97. The maximum absolute atomic E-state index is 11.7. The van der Waals surface area contributed by atoms with Crippen LogP contribution >= 0.6 is 15.9 Å². The van der Waals surface area contributed by atoms with Gasteiger partial charge in [-0.1, -0.05) is 0 Å². The number of amides is 1. The molecule has 0 aliphatic rings. The number of nitrogens with zero attached hydrogens (tertiary/aromatic N) is 2. The minimum Gasteiger partial charge on any atom is -0.444 e. The number of non-ortho nitro benzene ring substituents is 1. The average molecular weight is 352 g/mol. The summed E-state index contributed by atoms with van der Waals surface area (Å²) in [7, 11) is 0. The summed E-state index contributed by atoms with van der Waals surface area (Å²) in [5.41, 5.74) is 3.53. The molecule has 0 spiro atoms. The van der Waals surface area contributed by atoms with Crippen molar-refractivity contribution in [3.63, 3.8) is 0 Å². The van der Waals surface area contributed by atoms with Gasteiger partial charge in [0.05, 0.1) is 10.6 Å². The molecule has 7 nitrogen and oxygen atoms in total. The van der Waals surface area contributed by atoms with Gasteiger partial charge >= 0.3 is 5.91 Å². The highest BCUT2D eigenvalue weighted by Crippen LogP contribution is 2.14. The molecule has 1 aromatic heterocycles. The minimum absolute atomic E-state index is 0.00368. The number of furan rings is 1. The van der Waals surface area contributed by atoms with E-state index in [2.05, 4.69) is 26.5 Å². The van der Waals surface area contributed by atoms with Gasteiger partial charge in [0.2, 0.25) is 0 Å². The number of nitro benzene ring substituents is 1. The van der Waals surface area contributed by atoms with Crippen molar-refractivity contribution in [1.82, 2.24) is 5.43 Å². The quantitative estimate of drug-likeness (QED) is 0.519. The van der Waals surface area contributed by atoms with Crippen molar-refractivity contribution in [2.75, 3.05) is 0 Å². The van der Waals surface area contributed by atoms with Crippen molar-refractivity contribution in [3.05, 3.63) is 62.5 Å². The molecule has 1 heterocycles. The monoisotopic (exact) mass is 351 g/mol. The van der Waals surface area contributed by atoms with Crippen LogP contribution in [0.4, 0.5) is 5.69 Å². The van der Waals surface area contributed by atoms with Gasteiger partial charge in [0.15, 0.2) is 10.4 Å². The number of nitrogens with one attached hydrogen (secondary N) is 1. The van der Waals surface area contributed by atoms with Crippen LogP contribution in [0.3, 0.4) is 0 Å². The number of halogens is 1. The largest absolute Gasteiger partial charge is 0.444 e. The Morgan fingerprint density at radius 1 is 1.29 bits per heavy atom. The van der Waals surface area contributed by atoms with Gasteiger partial charge in [-0.05, 0) is 52.7 Å². The molecule has 0 unspecified atom stereocenters. The van der Waals surface area contributed by atoms with Crippen molar-refractivity contribution in [2.24, 2.45) is 5.10 Å². The Bertz CT molecular complexity index is 706. The van der Waals surface area contributed by atoms with Gasteiger partial charge in [-0.3, -0.25) is 14.9 Å². The first-order valence-corrected chi connectivity index (χ1v) is 6.61. The van der Waals surface area contributed by atoms with Gasteiger partial charge in [0.25, 0.3) is 5.69 Å². The molecule has 0 radical (unpaired) electrons. The molecule has 0 aliphatic carbocycles. The lowest BCUT2D eigenvalue weighted by molar-refractivity contribution is -0.384. The van der Waals surface area contributed by atoms with E-state index < -0.39 is 10.8 Å². The highest BCUT2D eigenvalue weighted by Gasteiger charge is 2.10. The van der Waals surface area contributed by atoms with Crippen molar-refractivity contribution >= 4 is 33.2 Å². The third-order valence-corrected chi connectivity index (χ3v) is 3.04. The summed E-state index contributed by atoms with van der Waals surface area (Å²) in [5.74, 6) is -0.357. The minimum atomic E-state index is -0.484. The molecule has 0 saturated carbocycles. The summed E-state index contributed by atoms with van der Waals surface area (Å²) >= 11 is 3.10. The second-order valence-electron chi connectivity index (χ2n) is 4.05. The number of carbonyl (C=O) groups is 1. The molecular formula is C13H10BrN3O4. The molecule has 2 aromatic rings. The fourth-order valence-electron chi connectivity index (χ4n) is 1.51. The Labute approximate surface area is 127 Å². The number of hydrogen-bond donors (Lipinski definition) is 1. The summed E-state index contributed by atoms with van der Waals surface area (Å²) in [6, 6.07) is 8.98. The molecule has 2 rings (SSSR count). The van der Waals surface area contributed by atoms with Crippen LogP contribution in [0, 0.1) is 10.1 Å². The molecule has 21 heavy (non-hydrogen) atoms. The Kier molecular flexibility index (Phi) is 4.49. The van der Waals surface area contributed by atoms with E-state index in [-0.39, 0.29) is 11.4 Å². The molecule has 0 bridgehead atoms. The smallest absolute Gasteiger partial charge is 0.307 e. The SMILES string of the molecule is CC(=NNC(=O)c1ccc(Br)o1)c1ccc([N+](=O)[O-])cc1. The molecule has 0 aliphatic heterocycles. The highest BCUT2D eigenvalue weighted by atomic mass is 79.9. The fraction of sp³-hybridized carbons (Fsp3) is 0.0769. The summed E-state index contributed by atoms with van der Waals surface area (Å²) in [6.45, 7) is 1.68. The van der Waals surface area contributed by atoms with E-state index in [0.29, 0.717) is 15.9 Å². The van der Waals surface area contributed by atoms with Crippen LogP contribution in [0.25, 0.3) is 0 Å². The van der Waals surface area contributed by atoms with Gasteiger partial charge in [0, 0.05) is 12.1 Å². The van der Waals surface area contributed by atoms with Crippen LogP contribution in [-0.4, -0.2) is 16.5 Å². The molecule has 0 saturated heterocycles. The van der Waals surface area contributed by atoms with Crippen LogP contribution in [0.1, 0.15) is 23.0 Å². The first-order valence-electron chi connectivity index (χ1n) is 5.82. The van der Waals surface area contributed by atoms with Gasteiger partial charge in [0.1, 0.15) is 0 Å². The Balaban J connectivity index is 2.07. The second-order valence-corrected chi connectivity index (χ2v) is 4.83. The lowest BCUT2D eigenvalue weighted by Crippen LogP contribution is -2.18. The maximum Gasteiger partial charge on any atom is 0.307 e. The van der Waals surface area contributed by atoms with E-state index in [9.17, 15) is 14.9 Å². The molecule has 1 amide bonds. The van der Waals surface area contributed by atoms with Gasteiger partial charge in [-0.2, -0.15) is 5.10 Å². The predicted molar refractivity (Wildman–Crippen MR) is 79.2 cm³/mol. The van der Waals surface area contributed by atoms with Crippen molar-refractivity contribution in [3.8, 4) is 0 Å². The van der Waals surface area contributed by atoms with Crippen molar-refractivity contribution < 1.29 is 14.1 Å².